The van der Waals surface area contributed by atoms with Gasteiger partial charge in [0.2, 0.25) is 0 Å². The number of aryl methyl sites for hydroxylation is 1. The van der Waals surface area contributed by atoms with Crippen LogP contribution in [-0.4, -0.2) is 9.55 Å². The van der Waals surface area contributed by atoms with Crippen LogP contribution in [-0.2, 0) is 6.54 Å². The Morgan fingerprint density at radius 3 is 3.00 bits per heavy atom. The van der Waals surface area contributed by atoms with Gasteiger partial charge in [0.05, 0.1) is 10.7 Å². The van der Waals surface area contributed by atoms with Crippen molar-refractivity contribution < 1.29 is 0 Å². The van der Waals surface area contributed by atoms with E-state index in [1.807, 2.05) is 37.4 Å². The van der Waals surface area contributed by atoms with E-state index in [1.54, 1.807) is 6.20 Å². The van der Waals surface area contributed by atoms with Crippen LogP contribution in [0.5, 0.6) is 0 Å². The molecule has 2 nitrogen and oxygen atoms in total. The quantitative estimate of drug-likeness (QED) is 0.738. The number of allylic oxidation sites excluding steroid dienone is 1. The first-order valence-corrected chi connectivity index (χ1v) is 5.48. The zero-order valence-corrected chi connectivity index (χ0v) is 9.91. The van der Waals surface area contributed by atoms with Crippen molar-refractivity contribution in [2.75, 3.05) is 0 Å². The van der Waals surface area contributed by atoms with E-state index in [9.17, 15) is 0 Å². The SMILES string of the molecule is C=CCn1c(C)cc(Cl)c1-c1cccnc1. The fourth-order valence-corrected chi connectivity index (χ4v) is 2.16. The molecule has 2 aromatic heterocycles. The highest BCUT2D eigenvalue weighted by Crippen LogP contribution is 2.30. The van der Waals surface area contributed by atoms with E-state index < -0.39 is 0 Å². The van der Waals surface area contributed by atoms with Gasteiger partial charge >= 0.3 is 0 Å². The Balaban J connectivity index is 2.59. The van der Waals surface area contributed by atoms with Gasteiger partial charge in [0, 0.05) is 30.2 Å². The van der Waals surface area contributed by atoms with Gasteiger partial charge in [-0.25, -0.2) is 0 Å². The summed E-state index contributed by atoms with van der Waals surface area (Å²) >= 11 is 6.24. The van der Waals surface area contributed by atoms with Gasteiger partial charge in [-0.15, -0.1) is 6.58 Å². The third-order valence-corrected chi connectivity index (χ3v) is 2.79. The Hall–Kier alpha value is -1.54. The van der Waals surface area contributed by atoms with Crippen molar-refractivity contribution >= 4 is 11.6 Å². The molecule has 16 heavy (non-hydrogen) atoms. The van der Waals surface area contributed by atoms with E-state index in [-0.39, 0.29) is 0 Å². The lowest BCUT2D eigenvalue weighted by molar-refractivity contribution is 0.806. The van der Waals surface area contributed by atoms with Crippen molar-refractivity contribution in [2.45, 2.75) is 13.5 Å². The monoisotopic (exact) mass is 232 g/mol. The second kappa shape index (κ2) is 4.54. The molecule has 0 atom stereocenters. The molecule has 0 aliphatic carbocycles. The van der Waals surface area contributed by atoms with E-state index >= 15 is 0 Å². The van der Waals surface area contributed by atoms with Crippen LogP contribution in [0.4, 0.5) is 0 Å². The topological polar surface area (TPSA) is 17.8 Å². The van der Waals surface area contributed by atoms with Gasteiger partial charge < -0.3 is 4.57 Å². The molecule has 0 spiro atoms. The summed E-state index contributed by atoms with van der Waals surface area (Å²) in [7, 11) is 0. The number of pyridine rings is 1. The maximum Gasteiger partial charge on any atom is 0.0690 e. The fraction of sp³-hybridized carbons (Fsp3) is 0.154. The summed E-state index contributed by atoms with van der Waals surface area (Å²) in [5.41, 5.74) is 3.17. The van der Waals surface area contributed by atoms with Gasteiger partial charge in [0.25, 0.3) is 0 Å². The first-order valence-electron chi connectivity index (χ1n) is 5.11. The number of rotatable bonds is 3. The number of hydrogen-bond acceptors (Lipinski definition) is 1. The normalized spacial score (nSPS) is 10.4. The van der Waals surface area contributed by atoms with Crippen LogP contribution >= 0.6 is 11.6 Å². The van der Waals surface area contributed by atoms with Crippen molar-refractivity contribution in [3.05, 3.63) is 54.0 Å². The maximum atomic E-state index is 6.24. The number of halogens is 1. The molecule has 0 unspecified atom stereocenters. The smallest absolute Gasteiger partial charge is 0.0690 e. The summed E-state index contributed by atoms with van der Waals surface area (Å²) < 4.78 is 2.13. The minimum absolute atomic E-state index is 0.753. The van der Waals surface area contributed by atoms with Crippen LogP contribution in [0.1, 0.15) is 5.69 Å². The number of hydrogen-bond donors (Lipinski definition) is 0. The Labute approximate surface area is 100 Å². The Kier molecular flexibility index (Phi) is 3.11. The van der Waals surface area contributed by atoms with Crippen LogP contribution in [0, 0.1) is 6.92 Å². The molecular weight excluding hydrogens is 220 g/mol. The summed E-state index contributed by atoms with van der Waals surface area (Å²) in [4.78, 5) is 4.11. The Morgan fingerprint density at radius 1 is 1.56 bits per heavy atom. The molecular formula is C13H13ClN2. The zero-order valence-electron chi connectivity index (χ0n) is 9.15. The van der Waals surface area contributed by atoms with Crippen LogP contribution in [0.25, 0.3) is 11.3 Å². The van der Waals surface area contributed by atoms with Crippen molar-refractivity contribution in [2.24, 2.45) is 0 Å². The highest BCUT2D eigenvalue weighted by atomic mass is 35.5. The summed E-state index contributed by atoms with van der Waals surface area (Å²) in [5.74, 6) is 0. The molecule has 3 heteroatoms. The molecule has 2 aromatic rings. The van der Waals surface area contributed by atoms with Crippen molar-refractivity contribution in [3.63, 3.8) is 0 Å². The van der Waals surface area contributed by atoms with Gasteiger partial charge in [-0.3, -0.25) is 4.98 Å². The molecule has 82 valence electrons. The number of nitrogens with zero attached hydrogens (tertiary/aromatic N) is 2. The summed E-state index contributed by atoms with van der Waals surface area (Å²) in [5, 5.41) is 0.757. The molecule has 0 aromatic carbocycles. The molecule has 0 N–H and O–H groups in total. The second-order valence-corrected chi connectivity index (χ2v) is 4.03. The van der Waals surface area contributed by atoms with Crippen LogP contribution in [0.15, 0.2) is 43.2 Å². The van der Waals surface area contributed by atoms with Gasteiger partial charge in [-0.2, -0.15) is 0 Å². The second-order valence-electron chi connectivity index (χ2n) is 3.62. The van der Waals surface area contributed by atoms with Crippen molar-refractivity contribution in [1.29, 1.82) is 0 Å². The van der Waals surface area contributed by atoms with Gasteiger partial charge in [-0.1, -0.05) is 17.7 Å². The average Bonchev–Trinajstić information content (AvgIpc) is 2.56. The third-order valence-electron chi connectivity index (χ3n) is 2.50. The van der Waals surface area contributed by atoms with Gasteiger partial charge in [0.15, 0.2) is 0 Å². The molecule has 0 aliphatic rings. The maximum absolute atomic E-state index is 6.24. The summed E-state index contributed by atoms with van der Waals surface area (Å²) in [6, 6.07) is 5.88. The van der Waals surface area contributed by atoms with E-state index in [4.69, 9.17) is 11.6 Å². The minimum atomic E-state index is 0.753. The van der Waals surface area contributed by atoms with Gasteiger partial charge in [0.1, 0.15) is 0 Å². The Bertz CT molecular complexity index is 500. The predicted octanol–water partition coefficient (Wildman–Crippen LogP) is 3.70. The molecule has 0 saturated heterocycles. The highest BCUT2D eigenvalue weighted by molar-refractivity contribution is 6.33. The van der Waals surface area contributed by atoms with Gasteiger partial charge in [-0.05, 0) is 25.1 Å². The molecule has 0 fully saturated rings. The highest BCUT2D eigenvalue weighted by Gasteiger charge is 2.12. The van der Waals surface area contributed by atoms with Crippen LogP contribution in [0.2, 0.25) is 5.02 Å². The largest absolute Gasteiger partial charge is 0.340 e. The standard InChI is InChI=1S/C13H13ClN2/c1-3-7-16-10(2)8-12(14)13(16)11-5-4-6-15-9-11/h3-6,8-9H,1,7H2,2H3. The molecule has 0 amide bonds. The van der Waals surface area contributed by atoms with E-state index in [0.29, 0.717) is 0 Å². The third kappa shape index (κ3) is 1.89. The lowest BCUT2D eigenvalue weighted by Gasteiger charge is -2.09. The Morgan fingerprint density at radius 2 is 2.38 bits per heavy atom. The first-order chi connectivity index (χ1) is 7.74. The lowest BCUT2D eigenvalue weighted by Crippen LogP contribution is -2.00. The molecule has 2 rings (SSSR count). The van der Waals surface area contributed by atoms with E-state index in [1.165, 1.54) is 0 Å². The zero-order chi connectivity index (χ0) is 11.5. The average molecular weight is 233 g/mol. The predicted molar refractivity (Wildman–Crippen MR) is 67.6 cm³/mol. The minimum Gasteiger partial charge on any atom is -0.340 e. The summed E-state index contributed by atoms with van der Waals surface area (Å²) in [6.45, 7) is 6.55. The van der Waals surface area contributed by atoms with E-state index in [2.05, 4.69) is 16.1 Å². The van der Waals surface area contributed by atoms with Crippen LogP contribution in [0.3, 0.4) is 0 Å². The molecule has 0 aliphatic heterocycles. The molecule has 0 radical (unpaired) electrons. The lowest BCUT2D eigenvalue weighted by atomic mass is 10.2. The van der Waals surface area contributed by atoms with E-state index in [0.717, 1.165) is 28.5 Å². The molecule has 0 saturated carbocycles. The molecule has 0 bridgehead atoms. The molecule has 2 heterocycles. The summed E-state index contributed by atoms with van der Waals surface area (Å²) in [6.07, 6.45) is 5.44. The number of aromatic nitrogens is 2. The van der Waals surface area contributed by atoms with Crippen LogP contribution < -0.4 is 0 Å². The first kappa shape index (κ1) is 11.0. The van der Waals surface area contributed by atoms with Crippen molar-refractivity contribution in [3.8, 4) is 11.3 Å². The fourth-order valence-electron chi connectivity index (χ4n) is 1.80. The van der Waals surface area contributed by atoms with Crippen molar-refractivity contribution in [1.82, 2.24) is 9.55 Å².